The van der Waals surface area contributed by atoms with Crippen molar-refractivity contribution in [3.63, 3.8) is 0 Å². The number of amides is 1. The molecule has 1 heterocycles. The van der Waals surface area contributed by atoms with Crippen molar-refractivity contribution in [3.8, 4) is 0 Å². The lowest BCUT2D eigenvalue weighted by molar-refractivity contribution is -0.126. The highest BCUT2D eigenvalue weighted by molar-refractivity contribution is 7.88. The number of carbonyl (C=O) groups excluding carboxylic acids is 1. The van der Waals surface area contributed by atoms with E-state index in [0.29, 0.717) is 43.1 Å². The number of rotatable bonds is 7. The molecule has 156 valence electrons. The van der Waals surface area contributed by atoms with Gasteiger partial charge in [-0.25, -0.2) is 12.7 Å². The molecule has 1 amide bonds. The molecule has 0 bridgehead atoms. The Labute approximate surface area is 178 Å². The molecule has 1 saturated heterocycles. The van der Waals surface area contributed by atoms with Gasteiger partial charge in [-0.1, -0.05) is 61.0 Å². The standard InChI is InChI=1S/C22H27ClN2O3S/c1-17(19-7-3-2-4-8-19)15-24-22(26)20-10-12-25(13-11-20)29(27,28)16-18-6-5-9-21(23)14-18/h2-9,14,17,20H,10-13,15-16H2,1H3,(H,24,26)/t17-/m1/s1. The van der Waals surface area contributed by atoms with Crippen molar-refractivity contribution in [2.75, 3.05) is 19.6 Å². The summed E-state index contributed by atoms with van der Waals surface area (Å²) < 4.78 is 26.9. The van der Waals surface area contributed by atoms with Gasteiger partial charge in [0, 0.05) is 30.6 Å². The molecule has 2 aromatic carbocycles. The van der Waals surface area contributed by atoms with Crippen molar-refractivity contribution in [3.05, 3.63) is 70.7 Å². The maximum atomic E-state index is 12.7. The SMILES string of the molecule is C[C@H](CNC(=O)C1CCN(S(=O)(=O)Cc2cccc(Cl)c2)CC1)c1ccccc1. The van der Waals surface area contributed by atoms with E-state index in [1.165, 1.54) is 9.87 Å². The second-order valence-corrected chi connectivity index (χ2v) is 10.0. The molecule has 1 N–H and O–H groups in total. The van der Waals surface area contributed by atoms with Gasteiger partial charge >= 0.3 is 0 Å². The molecule has 0 unspecified atom stereocenters. The summed E-state index contributed by atoms with van der Waals surface area (Å²) in [5.41, 5.74) is 1.86. The van der Waals surface area contributed by atoms with Gasteiger partial charge in [-0.05, 0) is 42.0 Å². The van der Waals surface area contributed by atoms with Gasteiger partial charge in [-0.3, -0.25) is 4.79 Å². The highest BCUT2D eigenvalue weighted by Crippen LogP contribution is 2.23. The molecule has 0 spiro atoms. The van der Waals surface area contributed by atoms with Crippen LogP contribution in [-0.4, -0.2) is 38.3 Å². The number of nitrogens with zero attached hydrogens (tertiary/aromatic N) is 1. The number of sulfonamides is 1. The van der Waals surface area contributed by atoms with Gasteiger partial charge in [0.25, 0.3) is 0 Å². The van der Waals surface area contributed by atoms with Crippen LogP contribution in [0.25, 0.3) is 0 Å². The zero-order valence-corrected chi connectivity index (χ0v) is 18.1. The molecule has 1 fully saturated rings. The molecule has 7 heteroatoms. The third-order valence-corrected chi connectivity index (χ3v) is 7.49. The van der Waals surface area contributed by atoms with Crippen LogP contribution in [0.15, 0.2) is 54.6 Å². The molecule has 29 heavy (non-hydrogen) atoms. The minimum atomic E-state index is -3.42. The van der Waals surface area contributed by atoms with Gasteiger partial charge in [-0.15, -0.1) is 0 Å². The molecule has 0 aromatic heterocycles. The molecule has 0 radical (unpaired) electrons. The van der Waals surface area contributed by atoms with E-state index in [1.54, 1.807) is 24.3 Å². The zero-order valence-electron chi connectivity index (χ0n) is 16.6. The summed E-state index contributed by atoms with van der Waals surface area (Å²) in [6.45, 7) is 3.40. The van der Waals surface area contributed by atoms with Crippen molar-refractivity contribution in [1.29, 1.82) is 0 Å². The van der Waals surface area contributed by atoms with E-state index in [4.69, 9.17) is 11.6 Å². The van der Waals surface area contributed by atoms with Crippen LogP contribution >= 0.6 is 11.6 Å². The molecule has 5 nitrogen and oxygen atoms in total. The molecular formula is C22H27ClN2O3S. The summed E-state index contributed by atoms with van der Waals surface area (Å²) >= 11 is 5.95. The van der Waals surface area contributed by atoms with Crippen LogP contribution in [0, 0.1) is 5.92 Å². The predicted octanol–water partition coefficient (Wildman–Crippen LogP) is 3.80. The summed E-state index contributed by atoms with van der Waals surface area (Å²) in [6.07, 6.45) is 1.08. The van der Waals surface area contributed by atoms with E-state index in [2.05, 4.69) is 24.4 Å². The van der Waals surface area contributed by atoms with Gasteiger partial charge in [0.15, 0.2) is 0 Å². The van der Waals surface area contributed by atoms with Crippen molar-refractivity contribution < 1.29 is 13.2 Å². The summed E-state index contributed by atoms with van der Waals surface area (Å²) in [7, 11) is -3.42. The summed E-state index contributed by atoms with van der Waals surface area (Å²) in [4.78, 5) is 12.5. The summed E-state index contributed by atoms with van der Waals surface area (Å²) in [6, 6.07) is 17.0. The van der Waals surface area contributed by atoms with Crippen LogP contribution in [0.3, 0.4) is 0 Å². The van der Waals surface area contributed by atoms with E-state index in [1.807, 2.05) is 18.2 Å². The van der Waals surface area contributed by atoms with E-state index in [9.17, 15) is 13.2 Å². The first-order valence-corrected chi connectivity index (χ1v) is 11.9. The van der Waals surface area contributed by atoms with Crippen molar-refractivity contribution in [1.82, 2.24) is 9.62 Å². The fourth-order valence-electron chi connectivity index (χ4n) is 3.62. The Balaban J connectivity index is 1.48. The monoisotopic (exact) mass is 434 g/mol. The van der Waals surface area contributed by atoms with Gasteiger partial charge in [-0.2, -0.15) is 0 Å². The minimum absolute atomic E-state index is 0.0136. The number of carbonyl (C=O) groups is 1. The average molecular weight is 435 g/mol. The van der Waals surface area contributed by atoms with Crippen LogP contribution in [0.1, 0.15) is 36.8 Å². The Hall–Kier alpha value is -1.89. The minimum Gasteiger partial charge on any atom is -0.355 e. The van der Waals surface area contributed by atoms with Crippen LogP contribution in [0.2, 0.25) is 5.02 Å². The normalized spacial score (nSPS) is 17.0. The molecule has 2 aromatic rings. The summed E-state index contributed by atoms with van der Waals surface area (Å²) in [5, 5.41) is 3.55. The number of nitrogens with one attached hydrogen (secondary N) is 1. The Morgan fingerprint density at radius 3 is 2.48 bits per heavy atom. The molecule has 1 aliphatic heterocycles. The molecule has 1 atom stereocenters. The van der Waals surface area contributed by atoms with Crippen LogP contribution < -0.4 is 5.32 Å². The maximum Gasteiger partial charge on any atom is 0.223 e. The number of benzene rings is 2. The Morgan fingerprint density at radius 1 is 1.14 bits per heavy atom. The number of hydrogen-bond acceptors (Lipinski definition) is 3. The predicted molar refractivity (Wildman–Crippen MR) is 116 cm³/mol. The Morgan fingerprint density at radius 2 is 1.83 bits per heavy atom. The smallest absolute Gasteiger partial charge is 0.223 e. The van der Waals surface area contributed by atoms with Crippen LogP contribution in [0.4, 0.5) is 0 Å². The van der Waals surface area contributed by atoms with Crippen LogP contribution in [0.5, 0.6) is 0 Å². The molecular weight excluding hydrogens is 408 g/mol. The topological polar surface area (TPSA) is 66.5 Å². The Kier molecular flexibility index (Phi) is 7.33. The number of halogens is 1. The second-order valence-electron chi connectivity index (χ2n) is 7.62. The van der Waals surface area contributed by atoms with Crippen molar-refractivity contribution in [2.24, 2.45) is 5.92 Å². The first-order valence-electron chi connectivity index (χ1n) is 9.90. The quantitative estimate of drug-likeness (QED) is 0.720. The van der Waals surface area contributed by atoms with E-state index >= 15 is 0 Å². The molecule has 0 saturated carbocycles. The van der Waals surface area contributed by atoms with Crippen LogP contribution in [-0.2, 0) is 20.6 Å². The van der Waals surface area contributed by atoms with Gasteiger partial charge in [0.1, 0.15) is 0 Å². The molecule has 1 aliphatic rings. The zero-order chi connectivity index (χ0) is 20.9. The number of piperidine rings is 1. The largest absolute Gasteiger partial charge is 0.355 e. The average Bonchev–Trinajstić information content (AvgIpc) is 2.72. The lowest BCUT2D eigenvalue weighted by Crippen LogP contribution is -2.43. The Bertz CT molecular complexity index is 926. The van der Waals surface area contributed by atoms with Gasteiger partial charge < -0.3 is 5.32 Å². The third-order valence-electron chi connectivity index (χ3n) is 5.41. The summed E-state index contributed by atoms with van der Waals surface area (Å²) in [5.74, 6) is 0.0347. The van der Waals surface area contributed by atoms with E-state index in [0.717, 1.165) is 0 Å². The first-order chi connectivity index (χ1) is 13.8. The highest BCUT2D eigenvalue weighted by Gasteiger charge is 2.31. The van der Waals surface area contributed by atoms with E-state index in [-0.39, 0.29) is 23.5 Å². The highest BCUT2D eigenvalue weighted by atomic mass is 35.5. The lowest BCUT2D eigenvalue weighted by atomic mass is 9.96. The number of hydrogen-bond donors (Lipinski definition) is 1. The molecule has 0 aliphatic carbocycles. The maximum absolute atomic E-state index is 12.7. The fraction of sp³-hybridized carbons (Fsp3) is 0.409. The van der Waals surface area contributed by atoms with Crippen molar-refractivity contribution in [2.45, 2.75) is 31.4 Å². The molecule has 3 rings (SSSR count). The third kappa shape index (κ3) is 6.04. The second kappa shape index (κ2) is 9.74. The van der Waals surface area contributed by atoms with Crippen molar-refractivity contribution >= 4 is 27.5 Å². The van der Waals surface area contributed by atoms with Gasteiger partial charge in [0.05, 0.1) is 5.75 Å². The van der Waals surface area contributed by atoms with E-state index < -0.39 is 10.0 Å². The fourth-order valence-corrected chi connectivity index (χ4v) is 5.39. The lowest BCUT2D eigenvalue weighted by Gasteiger charge is -2.30. The first kappa shape index (κ1) is 21.8. The van der Waals surface area contributed by atoms with Gasteiger partial charge in [0.2, 0.25) is 15.9 Å².